The van der Waals surface area contributed by atoms with E-state index in [1.807, 2.05) is 18.2 Å². The Morgan fingerprint density at radius 2 is 2.04 bits per heavy atom. The number of furan rings is 1. The summed E-state index contributed by atoms with van der Waals surface area (Å²) in [6, 6.07) is 10.2. The van der Waals surface area contributed by atoms with Crippen molar-refractivity contribution in [2.24, 2.45) is 10.9 Å². The van der Waals surface area contributed by atoms with Crippen LogP contribution in [-0.2, 0) is 11.3 Å². The number of para-hydroxylation sites is 1. The summed E-state index contributed by atoms with van der Waals surface area (Å²) in [7, 11) is 2.06. The first-order valence-electron chi connectivity index (χ1n) is 9.92. The van der Waals surface area contributed by atoms with E-state index in [9.17, 15) is 0 Å². The SMILES string of the molecule is CCNC(=NCC(C)CN1CCOCC1)N(C)Cc1cc2ccccc2o1.I. The first-order valence-corrected chi connectivity index (χ1v) is 9.92. The summed E-state index contributed by atoms with van der Waals surface area (Å²) < 4.78 is 11.4. The molecule has 0 aliphatic carbocycles. The second-order valence-electron chi connectivity index (χ2n) is 7.32. The van der Waals surface area contributed by atoms with Crippen LogP contribution in [0, 0.1) is 5.92 Å². The van der Waals surface area contributed by atoms with Gasteiger partial charge in [0.1, 0.15) is 11.3 Å². The third-order valence-corrected chi connectivity index (χ3v) is 4.79. The van der Waals surface area contributed by atoms with E-state index in [-0.39, 0.29) is 24.0 Å². The molecule has 0 spiro atoms. The largest absolute Gasteiger partial charge is 0.459 e. The molecule has 0 saturated carbocycles. The molecule has 1 fully saturated rings. The minimum atomic E-state index is 0. The number of nitrogens with one attached hydrogen (secondary N) is 1. The summed E-state index contributed by atoms with van der Waals surface area (Å²) >= 11 is 0. The van der Waals surface area contributed by atoms with Gasteiger partial charge in [-0.15, -0.1) is 24.0 Å². The molecule has 0 bridgehead atoms. The third kappa shape index (κ3) is 6.63. The van der Waals surface area contributed by atoms with Crippen molar-refractivity contribution in [3.63, 3.8) is 0 Å². The Bertz CT molecular complexity index is 710. The lowest BCUT2D eigenvalue weighted by atomic mass is 10.1. The molecule has 6 nitrogen and oxygen atoms in total. The maximum Gasteiger partial charge on any atom is 0.194 e. The predicted octanol–water partition coefficient (Wildman–Crippen LogP) is 3.42. The zero-order chi connectivity index (χ0) is 19.1. The molecule has 1 N–H and O–H groups in total. The van der Waals surface area contributed by atoms with Crippen molar-refractivity contribution in [3.8, 4) is 0 Å². The van der Waals surface area contributed by atoms with Crippen LogP contribution < -0.4 is 5.32 Å². The molecular weight excluding hydrogens is 467 g/mol. The first kappa shape index (κ1) is 23.0. The number of hydrogen-bond donors (Lipinski definition) is 1. The van der Waals surface area contributed by atoms with E-state index in [0.29, 0.717) is 12.5 Å². The molecule has 1 atom stereocenters. The van der Waals surface area contributed by atoms with Crippen LogP contribution in [0.5, 0.6) is 0 Å². The molecule has 3 rings (SSSR count). The van der Waals surface area contributed by atoms with E-state index in [0.717, 1.165) is 68.6 Å². The molecule has 1 saturated heterocycles. The second-order valence-corrected chi connectivity index (χ2v) is 7.32. The molecule has 1 aromatic carbocycles. The lowest BCUT2D eigenvalue weighted by Gasteiger charge is -2.29. The van der Waals surface area contributed by atoms with Crippen LogP contribution in [0.3, 0.4) is 0 Å². The van der Waals surface area contributed by atoms with E-state index in [1.54, 1.807) is 0 Å². The molecule has 2 heterocycles. The van der Waals surface area contributed by atoms with Crippen LogP contribution in [0.15, 0.2) is 39.7 Å². The van der Waals surface area contributed by atoms with Gasteiger partial charge in [0.05, 0.1) is 19.8 Å². The van der Waals surface area contributed by atoms with Gasteiger partial charge in [0.25, 0.3) is 0 Å². The molecular formula is C21H33IN4O2. The van der Waals surface area contributed by atoms with Crippen molar-refractivity contribution in [3.05, 3.63) is 36.1 Å². The Hall–Kier alpha value is -1.32. The van der Waals surface area contributed by atoms with Crippen molar-refractivity contribution in [2.45, 2.75) is 20.4 Å². The van der Waals surface area contributed by atoms with Crippen LogP contribution in [0.4, 0.5) is 0 Å². The Balaban J connectivity index is 0.00000280. The van der Waals surface area contributed by atoms with Gasteiger partial charge in [-0.3, -0.25) is 9.89 Å². The van der Waals surface area contributed by atoms with Gasteiger partial charge in [-0.2, -0.15) is 0 Å². The molecule has 0 radical (unpaired) electrons. The van der Waals surface area contributed by atoms with E-state index in [2.05, 4.69) is 48.1 Å². The number of benzene rings is 1. The van der Waals surface area contributed by atoms with E-state index in [1.165, 1.54) is 0 Å². The molecule has 156 valence electrons. The fourth-order valence-corrected chi connectivity index (χ4v) is 3.42. The van der Waals surface area contributed by atoms with Crippen LogP contribution in [-0.4, -0.2) is 68.7 Å². The second kappa shape index (κ2) is 11.6. The van der Waals surface area contributed by atoms with E-state index < -0.39 is 0 Å². The highest BCUT2D eigenvalue weighted by Crippen LogP contribution is 2.19. The molecule has 2 aromatic rings. The monoisotopic (exact) mass is 500 g/mol. The normalized spacial score (nSPS) is 16.6. The Labute approximate surface area is 185 Å². The standard InChI is InChI=1S/C21H32N4O2.HI/c1-4-22-21(23-14-17(2)15-25-9-11-26-12-10-25)24(3)16-19-13-18-7-5-6-8-20(18)27-19;/h5-8,13,17H,4,9-12,14-16H2,1-3H3,(H,22,23);1H. The van der Waals surface area contributed by atoms with Crippen molar-refractivity contribution in [1.82, 2.24) is 15.1 Å². The zero-order valence-corrected chi connectivity index (χ0v) is 19.5. The highest BCUT2D eigenvalue weighted by molar-refractivity contribution is 14.0. The Kier molecular flexibility index (Phi) is 9.53. The quantitative estimate of drug-likeness (QED) is 0.359. The molecule has 1 aliphatic rings. The Morgan fingerprint density at radius 3 is 2.75 bits per heavy atom. The number of nitrogens with zero attached hydrogens (tertiary/aromatic N) is 3. The number of aliphatic imine (C=N–C) groups is 1. The number of morpholine rings is 1. The minimum absolute atomic E-state index is 0. The summed E-state index contributed by atoms with van der Waals surface area (Å²) in [5.41, 5.74) is 0.932. The van der Waals surface area contributed by atoms with Crippen LogP contribution in [0.25, 0.3) is 11.0 Å². The molecule has 1 aliphatic heterocycles. The Morgan fingerprint density at radius 1 is 1.29 bits per heavy atom. The average molecular weight is 500 g/mol. The first-order chi connectivity index (χ1) is 13.2. The maximum absolute atomic E-state index is 5.95. The molecule has 1 unspecified atom stereocenters. The van der Waals surface area contributed by atoms with Crippen LogP contribution in [0.2, 0.25) is 0 Å². The summed E-state index contributed by atoms with van der Waals surface area (Å²) in [4.78, 5) is 9.46. The van der Waals surface area contributed by atoms with Gasteiger partial charge in [0.15, 0.2) is 5.96 Å². The number of fused-ring (bicyclic) bond motifs is 1. The number of ether oxygens (including phenoxy) is 1. The minimum Gasteiger partial charge on any atom is -0.459 e. The molecule has 0 amide bonds. The number of rotatable bonds is 7. The van der Waals surface area contributed by atoms with Crippen molar-refractivity contribution < 1.29 is 9.15 Å². The zero-order valence-electron chi connectivity index (χ0n) is 17.2. The lowest BCUT2D eigenvalue weighted by Crippen LogP contribution is -2.40. The van der Waals surface area contributed by atoms with Crippen molar-refractivity contribution >= 4 is 40.9 Å². The van der Waals surface area contributed by atoms with Gasteiger partial charge < -0.3 is 19.4 Å². The highest BCUT2D eigenvalue weighted by atomic mass is 127. The lowest BCUT2D eigenvalue weighted by molar-refractivity contribution is 0.0323. The summed E-state index contributed by atoms with van der Waals surface area (Å²) in [6.45, 7) is 11.5. The smallest absolute Gasteiger partial charge is 0.194 e. The third-order valence-electron chi connectivity index (χ3n) is 4.79. The van der Waals surface area contributed by atoms with Gasteiger partial charge in [-0.05, 0) is 25.0 Å². The van der Waals surface area contributed by atoms with Gasteiger partial charge in [-0.25, -0.2) is 0 Å². The fourth-order valence-electron chi connectivity index (χ4n) is 3.42. The van der Waals surface area contributed by atoms with Crippen molar-refractivity contribution in [2.75, 3.05) is 53.0 Å². The summed E-state index contributed by atoms with van der Waals surface area (Å²) in [6.07, 6.45) is 0. The number of halogens is 1. The van der Waals surface area contributed by atoms with E-state index in [4.69, 9.17) is 14.1 Å². The highest BCUT2D eigenvalue weighted by Gasteiger charge is 2.15. The fraction of sp³-hybridized carbons (Fsp3) is 0.571. The maximum atomic E-state index is 5.95. The number of guanidine groups is 1. The van der Waals surface area contributed by atoms with Gasteiger partial charge >= 0.3 is 0 Å². The summed E-state index contributed by atoms with van der Waals surface area (Å²) in [5.74, 6) is 2.38. The van der Waals surface area contributed by atoms with Gasteiger partial charge in [-0.1, -0.05) is 25.1 Å². The van der Waals surface area contributed by atoms with Crippen LogP contribution in [0.1, 0.15) is 19.6 Å². The number of hydrogen-bond acceptors (Lipinski definition) is 4. The van der Waals surface area contributed by atoms with Crippen LogP contribution >= 0.6 is 24.0 Å². The molecule has 1 aromatic heterocycles. The average Bonchev–Trinajstić information content (AvgIpc) is 3.08. The van der Waals surface area contributed by atoms with Gasteiger partial charge in [0, 0.05) is 45.2 Å². The van der Waals surface area contributed by atoms with Gasteiger partial charge in [0.2, 0.25) is 0 Å². The van der Waals surface area contributed by atoms with E-state index >= 15 is 0 Å². The molecule has 28 heavy (non-hydrogen) atoms. The summed E-state index contributed by atoms with van der Waals surface area (Å²) in [5, 5.41) is 4.54. The predicted molar refractivity (Wildman–Crippen MR) is 125 cm³/mol. The molecule has 7 heteroatoms. The topological polar surface area (TPSA) is 53.2 Å². The van der Waals surface area contributed by atoms with Crippen molar-refractivity contribution in [1.29, 1.82) is 0 Å².